The van der Waals surface area contributed by atoms with Gasteiger partial charge < -0.3 is 19.8 Å². The first-order chi connectivity index (χ1) is 9.39. The molecule has 1 unspecified atom stereocenters. The smallest absolute Gasteiger partial charge is 0.422 e. The molecule has 1 amide bonds. The van der Waals surface area contributed by atoms with Crippen LogP contribution in [-0.2, 0) is 9.47 Å². The molecule has 0 aromatic carbocycles. The molecule has 2 heterocycles. The van der Waals surface area contributed by atoms with Gasteiger partial charge in [0, 0.05) is 0 Å². The van der Waals surface area contributed by atoms with Crippen LogP contribution in [0.15, 0.2) is 11.3 Å². The van der Waals surface area contributed by atoms with E-state index >= 15 is 0 Å². The van der Waals surface area contributed by atoms with E-state index in [1.54, 1.807) is 20.8 Å². The number of nitrogens with zero attached hydrogens (tertiary/aromatic N) is 2. The number of imidazole rings is 1. The SMILES string of the molecule is COC1=NC(NNC(=O)OC(C)(C)C)Nc2[nH]cnc21. The van der Waals surface area contributed by atoms with E-state index in [-0.39, 0.29) is 0 Å². The van der Waals surface area contributed by atoms with E-state index in [0.29, 0.717) is 17.4 Å². The summed E-state index contributed by atoms with van der Waals surface area (Å²) in [5.74, 6) is 1.02. The highest BCUT2D eigenvalue weighted by molar-refractivity contribution is 5.98. The van der Waals surface area contributed by atoms with Gasteiger partial charge in [-0.3, -0.25) is 5.43 Å². The highest BCUT2D eigenvalue weighted by atomic mass is 16.6. The number of aromatic nitrogens is 2. The predicted molar refractivity (Wildman–Crippen MR) is 72.0 cm³/mol. The summed E-state index contributed by atoms with van der Waals surface area (Å²) < 4.78 is 10.2. The third-order valence-corrected chi connectivity index (χ3v) is 2.27. The van der Waals surface area contributed by atoms with Gasteiger partial charge in [0.25, 0.3) is 0 Å². The fourth-order valence-electron chi connectivity index (χ4n) is 1.56. The minimum absolute atomic E-state index is 0.364. The van der Waals surface area contributed by atoms with E-state index in [9.17, 15) is 4.79 Å². The van der Waals surface area contributed by atoms with E-state index in [2.05, 4.69) is 31.1 Å². The Labute approximate surface area is 116 Å². The largest absolute Gasteiger partial charge is 0.480 e. The number of hydrogen-bond donors (Lipinski definition) is 4. The lowest BCUT2D eigenvalue weighted by Crippen LogP contribution is -2.50. The Hall–Kier alpha value is -2.29. The fourth-order valence-corrected chi connectivity index (χ4v) is 1.56. The van der Waals surface area contributed by atoms with Crippen LogP contribution < -0.4 is 16.2 Å². The van der Waals surface area contributed by atoms with Crippen molar-refractivity contribution >= 4 is 17.8 Å². The first-order valence-electron chi connectivity index (χ1n) is 6.05. The van der Waals surface area contributed by atoms with Crippen LogP contribution in [0, 0.1) is 0 Å². The number of hydrogen-bond acceptors (Lipinski definition) is 7. The number of aliphatic imine (C=N–C) groups is 1. The summed E-state index contributed by atoms with van der Waals surface area (Å²) in [5, 5.41) is 2.99. The first kappa shape index (κ1) is 14.1. The van der Waals surface area contributed by atoms with Gasteiger partial charge in [-0.15, -0.1) is 0 Å². The van der Waals surface area contributed by atoms with Gasteiger partial charge in [0.2, 0.25) is 5.90 Å². The monoisotopic (exact) mass is 282 g/mol. The van der Waals surface area contributed by atoms with Crippen molar-refractivity contribution in [2.75, 3.05) is 12.4 Å². The second kappa shape index (κ2) is 5.37. The molecule has 0 bridgehead atoms. The maximum atomic E-state index is 11.5. The molecule has 110 valence electrons. The van der Waals surface area contributed by atoms with Gasteiger partial charge >= 0.3 is 6.09 Å². The quantitative estimate of drug-likeness (QED) is 0.589. The van der Waals surface area contributed by atoms with E-state index in [0.717, 1.165) is 0 Å². The van der Waals surface area contributed by atoms with E-state index in [1.165, 1.54) is 13.4 Å². The molecule has 0 saturated heterocycles. The molecule has 0 saturated carbocycles. The molecule has 0 fully saturated rings. The van der Waals surface area contributed by atoms with E-state index in [4.69, 9.17) is 9.47 Å². The van der Waals surface area contributed by atoms with Gasteiger partial charge in [0.15, 0.2) is 12.0 Å². The van der Waals surface area contributed by atoms with Crippen LogP contribution in [-0.4, -0.2) is 41.0 Å². The average molecular weight is 282 g/mol. The Kier molecular flexibility index (Phi) is 3.79. The maximum absolute atomic E-state index is 11.5. The van der Waals surface area contributed by atoms with Gasteiger partial charge in [-0.25, -0.2) is 14.8 Å². The summed E-state index contributed by atoms with van der Waals surface area (Å²) >= 11 is 0. The van der Waals surface area contributed by atoms with Crippen molar-refractivity contribution in [3.05, 3.63) is 12.0 Å². The molecule has 9 heteroatoms. The van der Waals surface area contributed by atoms with Crippen LogP contribution >= 0.6 is 0 Å². The van der Waals surface area contributed by atoms with Crippen molar-refractivity contribution in [3.63, 3.8) is 0 Å². The van der Waals surface area contributed by atoms with Gasteiger partial charge in [0.1, 0.15) is 11.4 Å². The lowest BCUT2D eigenvalue weighted by atomic mass is 10.2. The summed E-state index contributed by atoms with van der Waals surface area (Å²) in [6.07, 6.45) is 0.338. The van der Waals surface area contributed by atoms with Gasteiger partial charge in [-0.05, 0) is 20.8 Å². The first-order valence-corrected chi connectivity index (χ1v) is 6.05. The Balaban J connectivity index is 1.93. The van der Waals surface area contributed by atoms with E-state index in [1.807, 2.05) is 0 Å². The van der Waals surface area contributed by atoms with Crippen LogP contribution in [0.5, 0.6) is 0 Å². The molecule has 1 aliphatic rings. The Morgan fingerprint density at radius 3 is 2.85 bits per heavy atom. The molecule has 9 nitrogen and oxygen atoms in total. The third-order valence-electron chi connectivity index (χ3n) is 2.27. The van der Waals surface area contributed by atoms with Crippen LogP contribution in [0.2, 0.25) is 0 Å². The maximum Gasteiger partial charge on any atom is 0.422 e. The second-order valence-corrected chi connectivity index (χ2v) is 5.08. The Morgan fingerprint density at radius 2 is 2.20 bits per heavy atom. The minimum Gasteiger partial charge on any atom is -0.480 e. The third kappa shape index (κ3) is 3.38. The van der Waals surface area contributed by atoms with Crippen molar-refractivity contribution in [2.45, 2.75) is 32.7 Å². The van der Waals surface area contributed by atoms with Crippen molar-refractivity contribution in [1.82, 2.24) is 20.8 Å². The highest BCUT2D eigenvalue weighted by Gasteiger charge is 2.24. The number of ether oxygens (including phenoxy) is 2. The molecule has 0 aliphatic carbocycles. The average Bonchev–Trinajstić information content (AvgIpc) is 2.81. The van der Waals surface area contributed by atoms with Gasteiger partial charge in [-0.1, -0.05) is 0 Å². The molecule has 4 N–H and O–H groups in total. The van der Waals surface area contributed by atoms with Crippen molar-refractivity contribution in [3.8, 4) is 0 Å². The molecule has 1 atom stereocenters. The van der Waals surface area contributed by atoms with Crippen LogP contribution in [0.4, 0.5) is 10.6 Å². The number of fused-ring (bicyclic) bond motifs is 1. The summed E-state index contributed by atoms with van der Waals surface area (Å²) in [7, 11) is 1.50. The molecule has 1 aromatic rings. The van der Waals surface area contributed by atoms with Gasteiger partial charge in [-0.2, -0.15) is 5.43 Å². The molecule has 20 heavy (non-hydrogen) atoms. The van der Waals surface area contributed by atoms with E-state index < -0.39 is 18.0 Å². The number of carbonyl (C=O) groups is 1. The molecule has 0 radical (unpaired) electrons. The zero-order chi connectivity index (χ0) is 14.8. The highest BCUT2D eigenvalue weighted by Crippen LogP contribution is 2.17. The van der Waals surface area contributed by atoms with Crippen molar-refractivity contribution in [1.29, 1.82) is 0 Å². The second-order valence-electron chi connectivity index (χ2n) is 5.08. The summed E-state index contributed by atoms with van der Waals surface area (Å²) in [5.41, 5.74) is 5.11. The number of hydrazine groups is 1. The zero-order valence-corrected chi connectivity index (χ0v) is 11.8. The van der Waals surface area contributed by atoms with Crippen molar-refractivity contribution < 1.29 is 14.3 Å². The predicted octanol–water partition coefficient (Wildman–Crippen LogP) is 0.541. The molecule has 0 spiro atoms. The number of rotatable bonds is 2. The minimum atomic E-state index is -0.594. The molecule has 2 rings (SSSR count). The molecule has 1 aromatic heterocycles. The normalized spacial score (nSPS) is 17.6. The van der Waals surface area contributed by atoms with Crippen LogP contribution in [0.3, 0.4) is 0 Å². The molecular weight excluding hydrogens is 264 g/mol. The molecule has 1 aliphatic heterocycles. The number of carbonyl (C=O) groups excluding carboxylic acids is 1. The topological polar surface area (TPSA) is 113 Å². The lowest BCUT2D eigenvalue weighted by molar-refractivity contribution is 0.0491. The summed E-state index contributed by atoms with van der Waals surface area (Å²) in [6, 6.07) is 0. The number of methoxy groups -OCH3 is 1. The Bertz CT molecular complexity index is 518. The Morgan fingerprint density at radius 1 is 1.45 bits per heavy atom. The van der Waals surface area contributed by atoms with Crippen LogP contribution in [0.1, 0.15) is 26.5 Å². The lowest BCUT2D eigenvalue weighted by Gasteiger charge is -2.24. The number of aromatic amines is 1. The van der Waals surface area contributed by atoms with Crippen molar-refractivity contribution in [2.24, 2.45) is 4.99 Å². The number of anilines is 1. The van der Waals surface area contributed by atoms with Crippen LogP contribution in [0.25, 0.3) is 0 Å². The summed E-state index contributed by atoms with van der Waals surface area (Å²) in [6.45, 7) is 5.34. The summed E-state index contributed by atoms with van der Waals surface area (Å²) in [4.78, 5) is 22.7. The zero-order valence-electron chi connectivity index (χ0n) is 11.8. The number of amides is 1. The number of H-pyrrole nitrogens is 1. The standard InChI is InChI=1S/C11H18N6O3/c1-11(2,3)20-10(18)17-16-9-14-7-6(12-5-13-7)8(15-9)19-4/h5,9,14,16H,1-4H3,(H,12,13)(H,17,18). The number of nitrogens with one attached hydrogen (secondary N) is 4. The fraction of sp³-hybridized carbons (Fsp3) is 0.545. The molecular formula is C11H18N6O3. The van der Waals surface area contributed by atoms with Gasteiger partial charge in [0.05, 0.1) is 13.4 Å².